The highest BCUT2D eigenvalue weighted by Crippen LogP contribution is 2.40. The molecule has 0 radical (unpaired) electrons. The Kier molecular flexibility index (Phi) is 2.87. The predicted molar refractivity (Wildman–Crippen MR) is 84.0 cm³/mol. The van der Waals surface area contributed by atoms with E-state index >= 15 is 0 Å². The topological polar surface area (TPSA) is 25.8 Å². The molecule has 0 spiro atoms. The van der Waals surface area contributed by atoms with Crippen LogP contribution in [0.15, 0.2) is 41.1 Å². The van der Waals surface area contributed by atoms with Crippen molar-refractivity contribution in [2.75, 3.05) is 0 Å². The van der Waals surface area contributed by atoms with E-state index in [0.29, 0.717) is 5.56 Å². The second kappa shape index (κ2) is 4.73. The zero-order valence-electron chi connectivity index (χ0n) is 10.0. The van der Waals surface area contributed by atoms with Gasteiger partial charge in [0.2, 0.25) is 0 Å². The van der Waals surface area contributed by atoms with Gasteiger partial charge in [0.1, 0.15) is 11.3 Å². The Labute approximate surface area is 126 Å². The Balaban J connectivity index is 2.08. The molecule has 0 unspecified atom stereocenters. The number of fused-ring (bicyclic) bond motifs is 1. The van der Waals surface area contributed by atoms with Crippen molar-refractivity contribution in [1.82, 2.24) is 9.59 Å². The molecule has 20 heavy (non-hydrogen) atoms. The lowest BCUT2D eigenvalue weighted by Gasteiger charge is -2.05. The van der Waals surface area contributed by atoms with Gasteiger partial charge in [0.25, 0.3) is 0 Å². The molecule has 0 fully saturated rings. The first kappa shape index (κ1) is 12.1. The van der Waals surface area contributed by atoms with Gasteiger partial charge in [0, 0.05) is 20.9 Å². The zero-order valence-corrected chi connectivity index (χ0v) is 12.5. The molecule has 0 aliphatic carbocycles. The van der Waals surface area contributed by atoms with Crippen LogP contribution in [0, 0.1) is 5.82 Å². The van der Waals surface area contributed by atoms with Crippen molar-refractivity contribution < 1.29 is 4.39 Å². The van der Waals surface area contributed by atoms with Crippen LogP contribution in [0.25, 0.3) is 31.1 Å². The molecule has 3 heterocycles. The van der Waals surface area contributed by atoms with Crippen molar-refractivity contribution in [2.45, 2.75) is 0 Å². The van der Waals surface area contributed by atoms with Gasteiger partial charge < -0.3 is 0 Å². The van der Waals surface area contributed by atoms with Crippen LogP contribution < -0.4 is 0 Å². The molecule has 0 N–H and O–H groups in total. The summed E-state index contributed by atoms with van der Waals surface area (Å²) in [5.41, 5.74) is 2.22. The van der Waals surface area contributed by atoms with Gasteiger partial charge in [-0.2, -0.15) is 0 Å². The van der Waals surface area contributed by atoms with E-state index in [0.717, 1.165) is 25.5 Å². The SMILES string of the molecule is Fc1cc(-c2cccs2)c2nnsc2c1-c1cccs1. The fraction of sp³-hybridized carbons (Fsp3) is 0. The van der Waals surface area contributed by atoms with Gasteiger partial charge in [0.05, 0.1) is 4.70 Å². The number of thiophene rings is 2. The molecule has 3 aromatic heterocycles. The van der Waals surface area contributed by atoms with Gasteiger partial charge in [-0.3, -0.25) is 0 Å². The van der Waals surface area contributed by atoms with Crippen molar-refractivity contribution in [1.29, 1.82) is 0 Å². The minimum atomic E-state index is -0.214. The minimum absolute atomic E-state index is 0.214. The van der Waals surface area contributed by atoms with Gasteiger partial charge in [-0.1, -0.05) is 16.6 Å². The predicted octanol–water partition coefficient (Wildman–Crippen LogP) is 5.29. The quantitative estimate of drug-likeness (QED) is 0.502. The van der Waals surface area contributed by atoms with Gasteiger partial charge >= 0.3 is 0 Å². The van der Waals surface area contributed by atoms with E-state index in [4.69, 9.17) is 0 Å². The number of halogens is 1. The minimum Gasteiger partial charge on any atom is -0.206 e. The molecule has 0 aliphatic heterocycles. The maximum absolute atomic E-state index is 14.6. The van der Waals surface area contributed by atoms with Crippen LogP contribution >= 0.6 is 34.2 Å². The molecule has 0 aliphatic rings. The van der Waals surface area contributed by atoms with E-state index in [1.165, 1.54) is 22.9 Å². The third-order valence-electron chi connectivity index (χ3n) is 3.03. The Bertz CT molecular complexity index is 864. The fourth-order valence-electron chi connectivity index (χ4n) is 2.18. The van der Waals surface area contributed by atoms with E-state index in [2.05, 4.69) is 9.59 Å². The molecule has 0 amide bonds. The zero-order chi connectivity index (χ0) is 13.5. The summed E-state index contributed by atoms with van der Waals surface area (Å²) in [7, 11) is 0. The number of benzene rings is 1. The Hall–Kier alpha value is -1.63. The van der Waals surface area contributed by atoms with Crippen LogP contribution in [0.4, 0.5) is 4.39 Å². The lowest BCUT2D eigenvalue weighted by atomic mass is 10.1. The van der Waals surface area contributed by atoms with E-state index in [1.807, 2.05) is 35.0 Å². The smallest absolute Gasteiger partial charge is 0.134 e. The molecule has 0 atom stereocenters. The van der Waals surface area contributed by atoms with Gasteiger partial charge in [-0.25, -0.2) is 4.39 Å². The molecular formula is C14H7FN2S3. The summed E-state index contributed by atoms with van der Waals surface area (Å²) in [6.45, 7) is 0. The number of hydrogen-bond donors (Lipinski definition) is 0. The molecule has 0 saturated heterocycles. The van der Waals surface area contributed by atoms with E-state index in [1.54, 1.807) is 17.4 Å². The van der Waals surface area contributed by atoms with Crippen LogP contribution in [-0.4, -0.2) is 9.59 Å². The summed E-state index contributed by atoms with van der Waals surface area (Å²) < 4.78 is 19.4. The molecule has 98 valence electrons. The Morgan fingerprint density at radius 3 is 2.45 bits per heavy atom. The first-order valence-corrected chi connectivity index (χ1v) is 8.40. The van der Waals surface area contributed by atoms with E-state index < -0.39 is 0 Å². The van der Waals surface area contributed by atoms with Crippen molar-refractivity contribution in [3.8, 4) is 20.9 Å². The normalized spacial score (nSPS) is 11.2. The largest absolute Gasteiger partial charge is 0.206 e. The van der Waals surface area contributed by atoms with Crippen LogP contribution in [0.3, 0.4) is 0 Å². The highest BCUT2D eigenvalue weighted by atomic mass is 32.1. The third kappa shape index (κ3) is 1.80. The van der Waals surface area contributed by atoms with Gasteiger partial charge in [-0.15, -0.1) is 27.8 Å². The molecule has 2 nitrogen and oxygen atoms in total. The highest BCUT2D eigenvalue weighted by Gasteiger charge is 2.19. The van der Waals surface area contributed by atoms with Crippen molar-refractivity contribution in [3.63, 3.8) is 0 Å². The summed E-state index contributed by atoms with van der Waals surface area (Å²) in [5, 5.41) is 8.12. The van der Waals surface area contributed by atoms with Crippen LogP contribution in [0.5, 0.6) is 0 Å². The second-order valence-electron chi connectivity index (χ2n) is 4.19. The summed E-state index contributed by atoms with van der Waals surface area (Å²) >= 11 is 4.35. The lowest BCUT2D eigenvalue weighted by molar-refractivity contribution is 0.634. The Morgan fingerprint density at radius 2 is 1.75 bits per heavy atom. The standard InChI is InChI=1S/C14H7FN2S3/c15-9-7-8(10-3-1-5-18-10)13-14(20-17-16-13)12(9)11-4-2-6-19-11/h1-7H. The van der Waals surface area contributed by atoms with Crippen LogP contribution in [-0.2, 0) is 0 Å². The first-order chi connectivity index (χ1) is 9.84. The molecule has 1 aromatic carbocycles. The molecule has 4 aromatic rings. The molecule has 0 bridgehead atoms. The van der Waals surface area contributed by atoms with Gasteiger partial charge in [0.15, 0.2) is 0 Å². The molecular weight excluding hydrogens is 311 g/mol. The third-order valence-corrected chi connectivity index (χ3v) is 5.57. The summed E-state index contributed by atoms with van der Waals surface area (Å²) in [4.78, 5) is 1.93. The number of hydrogen-bond acceptors (Lipinski definition) is 5. The van der Waals surface area contributed by atoms with Crippen molar-refractivity contribution in [3.05, 3.63) is 46.9 Å². The number of rotatable bonds is 2. The monoisotopic (exact) mass is 318 g/mol. The Morgan fingerprint density at radius 1 is 1.00 bits per heavy atom. The number of nitrogens with zero attached hydrogens (tertiary/aromatic N) is 2. The molecule has 0 saturated carbocycles. The van der Waals surface area contributed by atoms with Crippen LogP contribution in [0.1, 0.15) is 0 Å². The number of aromatic nitrogens is 2. The fourth-order valence-corrected chi connectivity index (χ4v) is 4.50. The van der Waals surface area contributed by atoms with Crippen molar-refractivity contribution >= 4 is 44.4 Å². The first-order valence-electron chi connectivity index (χ1n) is 5.87. The van der Waals surface area contributed by atoms with E-state index in [9.17, 15) is 4.39 Å². The lowest BCUT2D eigenvalue weighted by Crippen LogP contribution is -1.86. The van der Waals surface area contributed by atoms with Crippen molar-refractivity contribution in [2.24, 2.45) is 0 Å². The van der Waals surface area contributed by atoms with E-state index in [-0.39, 0.29) is 5.82 Å². The highest BCUT2D eigenvalue weighted by molar-refractivity contribution is 7.16. The maximum Gasteiger partial charge on any atom is 0.134 e. The van der Waals surface area contributed by atoms with Gasteiger partial charge in [-0.05, 0) is 40.5 Å². The molecule has 6 heteroatoms. The second-order valence-corrected chi connectivity index (χ2v) is 6.84. The summed E-state index contributed by atoms with van der Waals surface area (Å²) in [6.07, 6.45) is 0. The maximum atomic E-state index is 14.6. The average molecular weight is 318 g/mol. The average Bonchev–Trinajstić information content (AvgIpc) is 3.20. The summed E-state index contributed by atoms with van der Waals surface area (Å²) in [5.74, 6) is -0.214. The molecule has 4 rings (SSSR count). The summed E-state index contributed by atoms with van der Waals surface area (Å²) in [6, 6.07) is 9.35. The van der Waals surface area contributed by atoms with Crippen LogP contribution in [0.2, 0.25) is 0 Å².